The van der Waals surface area contributed by atoms with Crippen LogP contribution in [0.1, 0.15) is 44.3 Å². The Morgan fingerprint density at radius 2 is 2.37 bits per heavy atom. The van der Waals surface area contributed by atoms with Gasteiger partial charge in [0, 0.05) is 19.1 Å². The summed E-state index contributed by atoms with van der Waals surface area (Å²) in [6, 6.07) is 4.64. The summed E-state index contributed by atoms with van der Waals surface area (Å²) in [7, 11) is 2.09. The van der Waals surface area contributed by atoms with Crippen LogP contribution in [0.25, 0.3) is 0 Å². The van der Waals surface area contributed by atoms with Gasteiger partial charge >= 0.3 is 0 Å². The van der Waals surface area contributed by atoms with Crippen LogP contribution < -0.4 is 5.32 Å². The maximum absolute atomic E-state index is 6.03. The predicted molar refractivity (Wildman–Crippen MR) is 75.1 cm³/mol. The molecule has 3 heteroatoms. The lowest BCUT2D eigenvalue weighted by molar-refractivity contribution is -0.147. The van der Waals surface area contributed by atoms with Crippen molar-refractivity contribution in [3.8, 4) is 0 Å². The molecule has 1 aliphatic carbocycles. The Morgan fingerprint density at radius 3 is 3.00 bits per heavy atom. The topological polar surface area (TPSA) is 34.4 Å². The second kappa shape index (κ2) is 5.68. The molecule has 1 saturated carbocycles. The standard InChI is InChI=1S/C16H25NO2/c1-17-15(6-5-14-4-2-10-18-14)13-7-11-19-16(12-13)8-3-9-16/h2,4,10,13,15,17H,3,5-9,11-12H2,1H3. The highest BCUT2D eigenvalue weighted by Crippen LogP contribution is 2.45. The summed E-state index contributed by atoms with van der Waals surface area (Å²) in [4.78, 5) is 0. The summed E-state index contributed by atoms with van der Waals surface area (Å²) < 4.78 is 11.5. The highest BCUT2D eigenvalue weighted by atomic mass is 16.5. The van der Waals surface area contributed by atoms with Gasteiger partial charge in [-0.1, -0.05) is 0 Å². The van der Waals surface area contributed by atoms with E-state index in [1.165, 1.54) is 32.1 Å². The van der Waals surface area contributed by atoms with Crippen molar-refractivity contribution in [3.05, 3.63) is 24.2 Å². The van der Waals surface area contributed by atoms with E-state index in [1.54, 1.807) is 6.26 Å². The Balaban J connectivity index is 1.55. The molecule has 0 bridgehead atoms. The van der Waals surface area contributed by atoms with Crippen LogP contribution in [0.4, 0.5) is 0 Å². The van der Waals surface area contributed by atoms with Crippen LogP contribution in [0.3, 0.4) is 0 Å². The minimum atomic E-state index is 0.253. The molecule has 1 saturated heterocycles. The third kappa shape index (κ3) is 2.87. The fourth-order valence-electron chi connectivity index (χ4n) is 3.70. The molecule has 3 nitrogen and oxygen atoms in total. The molecular formula is C16H25NO2. The maximum atomic E-state index is 6.03. The highest BCUT2D eigenvalue weighted by molar-refractivity contribution is 5.00. The van der Waals surface area contributed by atoms with E-state index < -0.39 is 0 Å². The fourth-order valence-corrected chi connectivity index (χ4v) is 3.70. The van der Waals surface area contributed by atoms with Gasteiger partial charge in [-0.2, -0.15) is 0 Å². The van der Waals surface area contributed by atoms with E-state index in [0.717, 1.165) is 31.1 Å². The van der Waals surface area contributed by atoms with Crippen molar-refractivity contribution in [2.24, 2.45) is 5.92 Å². The van der Waals surface area contributed by atoms with E-state index in [-0.39, 0.29) is 5.60 Å². The minimum absolute atomic E-state index is 0.253. The Morgan fingerprint density at radius 1 is 1.47 bits per heavy atom. The highest BCUT2D eigenvalue weighted by Gasteiger charge is 2.43. The molecule has 0 aromatic carbocycles. The molecule has 2 unspecified atom stereocenters. The molecule has 3 rings (SSSR count). The van der Waals surface area contributed by atoms with Gasteiger partial charge in [-0.25, -0.2) is 0 Å². The quantitative estimate of drug-likeness (QED) is 0.886. The van der Waals surface area contributed by atoms with Crippen molar-refractivity contribution in [1.29, 1.82) is 0 Å². The lowest BCUT2D eigenvalue weighted by Crippen LogP contribution is -2.49. The number of nitrogens with one attached hydrogen (secondary N) is 1. The van der Waals surface area contributed by atoms with Crippen molar-refractivity contribution in [2.75, 3.05) is 13.7 Å². The lowest BCUT2D eigenvalue weighted by Gasteiger charge is -2.48. The molecule has 19 heavy (non-hydrogen) atoms. The second-order valence-corrected chi connectivity index (χ2v) is 6.15. The first-order valence-corrected chi connectivity index (χ1v) is 7.65. The average Bonchev–Trinajstić information content (AvgIpc) is 2.91. The maximum Gasteiger partial charge on any atom is 0.103 e. The summed E-state index contributed by atoms with van der Waals surface area (Å²) in [5.74, 6) is 1.86. The van der Waals surface area contributed by atoms with Gasteiger partial charge in [-0.15, -0.1) is 0 Å². The molecule has 1 N–H and O–H groups in total. The molecule has 1 spiro atoms. The summed E-state index contributed by atoms with van der Waals surface area (Å²) in [5.41, 5.74) is 0.253. The van der Waals surface area contributed by atoms with Crippen molar-refractivity contribution >= 4 is 0 Å². The monoisotopic (exact) mass is 263 g/mol. The molecule has 2 fully saturated rings. The zero-order valence-electron chi connectivity index (χ0n) is 11.9. The van der Waals surface area contributed by atoms with Gasteiger partial charge in [-0.3, -0.25) is 0 Å². The zero-order valence-corrected chi connectivity index (χ0v) is 11.9. The van der Waals surface area contributed by atoms with Gasteiger partial charge < -0.3 is 14.5 Å². The van der Waals surface area contributed by atoms with Crippen LogP contribution >= 0.6 is 0 Å². The van der Waals surface area contributed by atoms with E-state index in [2.05, 4.69) is 18.4 Å². The lowest BCUT2D eigenvalue weighted by atomic mass is 9.70. The predicted octanol–water partition coefficient (Wildman–Crippen LogP) is 3.15. The van der Waals surface area contributed by atoms with Crippen LogP contribution in [0.2, 0.25) is 0 Å². The first-order chi connectivity index (χ1) is 9.31. The van der Waals surface area contributed by atoms with Gasteiger partial charge in [0.1, 0.15) is 5.76 Å². The summed E-state index contributed by atoms with van der Waals surface area (Å²) in [6.45, 7) is 0.948. The van der Waals surface area contributed by atoms with Crippen LogP contribution in [0.15, 0.2) is 22.8 Å². The average molecular weight is 263 g/mol. The number of aryl methyl sites for hydroxylation is 1. The van der Waals surface area contributed by atoms with Crippen molar-refractivity contribution in [1.82, 2.24) is 5.32 Å². The SMILES string of the molecule is CNC(CCc1ccco1)C1CCOC2(CCC2)C1. The molecule has 0 radical (unpaired) electrons. The van der Waals surface area contributed by atoms with E-state index in [1.807, 2.05) is 6.07 Å². The molecule has 1 aliphatic heterocycles. The number of furan rings is 1. The molecule has 2 heterocycles. The van der Waals surface area contributed by atoms with Crippen LogP contribution in [0.5, 0.6) is 0 Å². The Kier molecular flexibility index (Phi) is 3.94. The van der Waals surface area contributed by atoms with E-state index in [0.29, 0.717) is 6.04 Å². The third-order valence-corrected chi connectivity index (χ3v) is 5.02. The van der Waals surface area contributed by atoms with Gasteiger partial charge in [0.2, 0.25) is 0 Å². The molecule has 0 amide bonds. The smallest absolute Gasteiger partial charge is 0.103 e. The molecule has 2 atom stereocenters. The van der Waals surface area contributed by atoms with Gasteiger partial charge in [-0.05, 0) is 63.6 Å². The number of hydrogen-bond acceptors (Lipinski definition) is 3. The Labute approximate surface area is 115 Å². The number of hydrogen-bond donors (Lipinski definition) is 1. The molecule has 106 valence electrons. The third-order valence-electron chi connectivity index (χ3n) is 5.02. The van der Waals surface area contributed by atoms with Crippen molar-refractivity contribution in [2.45, 2.75) is 56.6 Å². The largest absolute Gasteiger partial charge is 0.469 e. The summed E-state index contributed by atoms with van der Waals surface area (Å²) >= 11 is 0. The molecule has 2 aliphatic rings. The Bertz CT molecular complexity index is 383. The van der Waals surface area contributed by atoms with E-state index in [9.17, 15) is 0 Å². The van der Waals surface area contributed by atoms with E-state index in [4.69, 9.17) is 9.15 Å². The molecule has 1 aromatic heterocycles. The Hall–Kier alpha value is -0.800. The number of ether oxygens (including phenoxy) is 1. The van der Waals surface area contributed by atoms with Gasteiger partial charge in [0.15, 0.2) is 0 Å². The van der Waals surface area contributed by atoms with Crippen LogP contribution in [0, 0.1) is 5.92 Å². The fraction of sp³-hybridized carbons (Fsp3) is 0.750. The van der Waals surface area contributed by atoms with Gasteiger partial charge in [0.05, 0.1) is 11.9 Å². The summed E-state index contributed by atoms with van der Waals surface area (Å²) in [6.07, 6.45) is 10.3. The molecule has 1 aromatic rings. The minimum Gasteiger partial charge on any atom is -0.469 e. The van der Waals surface area contributed by atoms with Crippen molar-refractivity contribution < 1.29 is 9.15 Å². The van der Waals surface area contributed by atoms with Crippen molar-refractivity contribution in [3.63, 3.8) is 0 Å². The second-order valence-electron chi connectivity index (χ2n) is 6.15. The summed E-state index contributed by atoms with van der Waals surface area (Å²) in [5, 5.41) is 3.52. The van der Waals surface area contributed by atoms with Crippen LogP contribution in [-0.2, 0) is 11.2 Å². The number of rotatable bonds is 5. The first-order valence-electron chi connectivity index (χ1n) is 7.65. The van der Waals surface area contributed by atoms with Gasteiger partial charge in [0.25, 0.3) is 0 Å². The zero-order chi connectivity index (χ0) is 13.1. The van der Waals surface area contributed by atoms with Crippen LogP contribution in [-0.4, -0.2) is 25.3 Å². The first kappa shape index (κ1) is 13.2. The molecular weight excluding hydrogens is 238 g/mol. The normalized spacial score (nSPS) is 27.1. The van der Waals surface area contributed by atoms with E-state index >= 15 is 0 Å².